The van der Waals surface area contributed by atoms with Gasteiger partial charge < -0.3 is 10.1 Å². The highest BCUT2D eigenvalue weighted by atomic mass is 16.5. The molecule has 1 saturated heterocycles. The molecule has 0 amide bonds. The van der Waals surface area contributed by atoms with Crippen LogP contribution in [0.25, 0.3) is 0 Å². The molecule has 0 spiro atoms. The van der Waals surface area contributed by atoms with Crippen molar-refractivity contribution in [2.24, 2.45) is 5.92 Å². The molecule has 1 aliphatic heterocycles. The Morgan fingerprint density at radius 3 is 2.69 bits per heavy atom. The summed E-state index contributed by atoms with van der Waals surface area (Å²) in [6, 6.07) is 0.603. The van der Waals surface area contributed by atoms with Crippen molar-refractivity contribution in [2.75, 3.05) is 13.2 Å². The number of hydrogen-bond acceptors (Lipinski definition) is 2. The third-order valence-corrected chi connectivity index (χ3v) is 2.61. The Morgan fingerprint density at radius 2 is 2.15 bits per heavy atom. The van der Waals surface area contributed by atoms with E-state index < -0.39 is 0 Å². The molecule has 0 radical (unpaired) electrons. The van der Waals surface area contributed by atoms with Crippen molar-refractivity contribution in [2.45, 2.75) is 52.2 Å². The molecular weight excluding hydrogens is 162 g/mol. The quantitative estimate of drug-likeness (QED) is 0.727. The molecule has 1 fully saturated rings. The second-order valence-electron chi connectivity index (χ2n) is 5.03. The first-order valence-corrected chi connectivity index (χ1v) is 5.37. The lowest BCUT2D eigenvalue weighted by atomic mass is 9.88. The molecule has 0 aromatic carbocycles. The van der Waals surface area contributed by atoms with E-state index in [-0.39, 0.29) is 5.60 Å². The Bertz CT molecular complexity index is 154. The Balaban J connectivity index is 2.26. The minimum Gasteiger partial charge on any atom is -0.376 e. The zero-order chi connectivity index (χ0) is 9.90. The summed E-state index contributed by atoms with van der Waals surface area (Å²) in [5.41, 5.74) is 0.0988. The van der Waals surface area contributed by atoms with Crippen LogP contribution in [0.15, 0.2) is 0 Å². The molecule has 2 heteroatoms. The van der Waals surface area contributed by atoms with E-state index in [4.69, 9.17) is 4.74 Å². The van der Waals surface area contributed by atoms with Gasteiger partial charge in [-0.15, -0.1) is 0 Å². The van der Waals surface area contributed by atoms with Crippen molar-refractivity contribution in [3.63, 3.8) is 0 Å². The fourth-order valence-corrected chi connectivity index (χ4v) is 1.93. The number of hydrogen-bond donors (Lipinski definition) is 1. The van der Waals surface area contributed by atoms with Crippen molar-refractivity contribution in [3.05, 3.63) is 0 Å². The van der Waals surface area contributed by atoms with Gasteiger partial charge in [-0.2, -0.15) is 0 Å². The topological polar surface area (TPSA) is 21.3 Å². The van der Waals surface area contributed by atoms with Gasteiger partial charge in [-0.1, -0.05) is 13.8 Å². The second-order valence-corrected chi connectivity index (χ2v) is 5.03. The van der Waals surface area contributed by atoms with E-state index in [1.165, 1.54) is 12.8 Å². The fraction of sp³-hybridized carbons (Fsp3) is 1.00. The van der Waals surface area contributed by atoms with Crippen LogP contribution in [0.5, 0.6) is 0 Å². The first-order chi connectivity index (χ1) is 5.99. The molecule has 1 N–H and O–H groups in total. The average molecular weight is 185 g/mol. The van der Waals surface area contributed by atoms with Crippen LogP contribution in [0, 0.1) is 5.92 Å². The maximum atomic E-state index is 5.67. The highest BCUT2D eigenvalue weighted by Crippen LogP contribution is 2.27. The van der Waals surface area contributed by atoms with Crippen molar-refractivity contribution in [3.8, 4) is 0 Å². The molecule has 1 rings (SSSR count). The minimum absolute atomic E-state index is 0.0988. The number of ether oxygens (including phenoxy) is 1. The van der Waals surface area contributed by atoms with Crippen LogP contribution in [-0.4, -0.2) is 24.8 Å². The van der Waals surface area contributed by atoms with Crippen molar-refractivity contribution >= 4 is 0 Å². The summed E-state index contributed by atoms with van der Waals surface area (Å²) in [5.74, 6) is 0.797. The SMILES string of the molecule is CC(C)NCC1CCOC(C)(C)C1. The summed E-state index contributed by atoms with van der Waals surface area (Å²) >= 11 is 0. The first kappa shape index (κ1) is 11.0. The third-order valence-electron chi connectivity index (χ3n) is 2.61. The largest absolute Gasteiger partial charge is 0.376 e. The number of nitrogens with one attached hydrogen (secondary N) is 1. The highest BCUT2D eigenvalue weighted by molar-refractivity contribution is 4.80. The Hall–Kier alpha value is -0.0800. The molecular formula is C11H23NO. The summed E-state index contributed by atoms with van der Waals surface area (Å²) in [7, 11) is 0. The molecule has 0 bridgehead atoms. The van der Waals surface area contributed by atoms with Gasteiger partial charge in [0.15, 0.2) is 0 Å². The predicted molar refractivity (Wildman–Crippen MR) is 55.9 cm³/mol. The van der Waals surface area contributed by atoms with Crippen LogP contribution >= 0.6 is 0 Å². The molecule has 0 aliphatic carbocycles. The fourth-order valence-electron chi connectivity index (χ4n) is 1.93. The van der Waals surface area contributed by atoms with E-state index in [0.29, 0.717) is 6.04 Å². The van der Waals surface area contributed by atoms with Gasteiger partial charge >= 0.3 is 0 Å². The van der Waals surface area contributed by atoms with Crippen molar-refractivity contribution < 1.29 is 4.74 Å². The third kappa shape index (κ3) is 4.10. The molecule has 2 nitrogen and oxygen atoms in total. The Morgan fingerprint density at radius 1 is 1.46 bits per heavy atom. The molecule has 0 aromatic heterocycles. The maximum Gasteiger partial charge on any atom is 0.0629 e. The maximum absolute atomic E-state index is 5.67. The lowest BCUT2D eigenvalue weighted by molar-refractivity contribution is -0.0720. The van der Waals surface area contributed by atoms with E-state index in [2.05, 4.69) is 33.0 Å². The van der Waals surface area contributed by atoms with E-state index in [1.54, 1.807) is 0 Å². The Labute approximate surface area is 82.0 Å². The van der Waals surface area contributed by atoms with Crippen molar-refractivity contribution in [1.82, 2.24) is 5.32 Å². The van der Waals surface area contributed by atoms with Crippen molar-refractivity contribution in [1.29, 1.82) is 0 Å². The summed E-state index contributed by atoms with van der Waals surface area (Å²) in [6.45, 7) is 10.8. The first-order valence-electron chi connectivity index (χ1n) is 5.37. The van der Waals surface area contributed by atoms with Gasteiger partial charge in [-0.3, -0.25) is 0 Å². The minimum atomic E-state index is 0.0988. The zero-order valence-corrected chi connectivity index (χ0v) is 9.39. The summed E-state index contributed by atoms with van der Waals surface area (Å²) in [6.07, 6.45) is 2.40. The van der Waals surface area contributed by atoms with Crippen LogP contribution < -0.4 is 5.32 Å². The van der Waals surface area contributed by atoms with Crippen LogP contribution in [0.4, 0.5) is 0 Å². The molecule has 0 aromatic rings. The van der Waals surface area contributed by atoms with E-state index in [1.807, 2.05) is 0 Å². The summed E-state index contributed by atoms with van der Waals surface area (Å²) < 4.78 is 5.67. The molecule has 78 valence electrons. The molecule has 1 aliphatic rings. The van der Waals surface area contributed by atoms with Gasteiger partial charge in [-0.25, -0.2) is 0 Å². The molecule has 1 heterocycles. The lowest BCUT2D eigenvalue weighted by Gasteiger charge is -2.35. The lowest BCUT2D eigenvalue weighted by Crippen LogP contribution is -2.39. The van der Waals surface area contributed by atoms with Gasteiger partial charge in [-0.05, 0) is 39.2 Å². The van der Waals surface area contributed by atoms with Gasteiger partial charge in [0.05, 0.1) is 5.60 Å². The van der Waals surface area contributed by atoms with Gasteiger partial charge in [0.1, 0.15) is 0 Å². The van der Waals surface area contributed by atoms with Crippen LogP contribution in [0.1, 0.15) is 40.5 Å². The zero-order valence-electron chi connectivity index (χ0n) is 9.39. The molecule has 1 unspecified atom stereocenters. The Kier molecular flexibility index (Phi) is 3.74. The smallest absolute Gasteiger partial charge is 0.0629 e. The van der Waals surface area contributed by atoms with Crippen LogP contribution in [0.3, 0.4) is 0 Å². The van der Waals surface area contributed by atoms with E-state index >= 15 is 0 Å². The van der Waals surface area contributed by atoms with E-state index in [0.717, 1.165) is 19.1 Å². The van der Waals surface area contributed by atoms with E-state index in [9.17, 15) is 0 Å². The second kappa shape index (κ2) is 4.43. The summed E-state index contributed by atoms with van der Waals surface area (Å²) in [5, 5.41) is 3.50. The molecule has 1 atom stereocenters. The molecule has 13 heavy (non-hydrogen) atoms. The van der Waals surface area contributed by atoms with Gasteiger partial charge in [0.2, 0.25) is 0 Å². The molecule has 0 saturated carbocycles. The number of rotatable bonds is 3. The predicted octanol–water partition coefficient (Wildman–Crippen LogP) is 2.19. The summed E-state index contributed by atoms with van der Waals surface area (Å²) in [4.78, 5) is 0. The normalized spacial score (nSPS) is 27.9. The standard InChI is InChI=1S/C11H23NO/c1-9(2)12-8-10-5-6-13-11(3,4)7-10/h9-10,12H,5-8H2,1-4H3. The highest BCUT2D eigenvalue weighted by Gasteiger charge is 2.28. The van der Waals surface area contributed by atoms with Gasteiger partial charge in [0.25, 0.3) is 0 Å². The van der Waals surface area contributed by atoms with Gasteiger partial charge in [0, 0.05) is 12.6 Å². The monoisotopic (exact) mass is 185 g/mol. The van der Waals surface area contributed by atoms with Crippen LogP contribution in [0.2, 0.25) is 0 Å². The average Bonchev–Trinajstić information content (AvgIpc) is 1.99. The van der Waals surface area contributed by atoms with Crippen LogP contribution in [-0.2, 0) is 4.74 Å².